The highest BCUT2D eigenvalue weighted by Gasteiger charge is 2.24. The quantitative estimate of drug-likeness (QED) is 0.827. The van der Waals surface area contributed by atoms with Crippen LogP contribution in [0.1, 0.15) is 33.1 Å². The minimum Gasteiger partial charge on any atom is -0.493 e. The van der Waals surface area contributed by atoms with E-state index in [1.54, 1.807) is 14.2 Å². The first-order valence-electron chi connectivity index (χ1n) is 7.31. The maximum Gasteiger partial charge on any atom is 0.162 e. The molecule has 0 saturated heterocycles. The van der Waals surface area contributed by atoms with Gasteiger partial charge in [-0.05, 0) is 31.1 Å². The van der Waals surface area contributed by atoms with Crippen LogP contribution in [0.5, 0.6) is 11.5 Å². The second-order valence-corrected chi connectivity index (χ2v) is 6.05. The van der Waals surface area contributed by atoms with Gasteiger partial charge in [0.2, 0.25) is 0 Å². The molecule has 4 heteroatoms. The minimum atomic E-state index is 0.481. The Labute approximate surface area is 121 Å². The lowest BCUT2D eigenvalue weighted by atomic mass is 9.80. The van der Waals surface area contributed by atoms with Crippen LogP contribution in [0.15, 0.2) is 12.1 Å². The number of nitrogens with two attached hydrogens (primary N) is 1. The Bertz CT molecular complexity index is 452. The average Bonchev–Trinajstić information content (AvgIpc) is 2.39. The largest absolute Gasteiger partial charge is 0.493 e. The van der Waals surface area contributed by atoms with E-state index < -0.39 is 0 Å². The van der Waals surface area contributed by atoms with Crippen LogP contribution >= 0.6 is 0 Å². The lowest BCUT2D eigenvalue weighted by molar-refractivity contribution is 0.281. The molecule has 1 fully saturated rings. The van der Waals surface area contributed by atoms with Gasteiger partial charge in [0, 0.05) is 18.2 Å². The molecule has 2 rings (SSSR count). The van der Waals surface area contributed by atoms with E-state index in [0.29, 0.717) is 23.2 Å². The molecule has 0 aliphatic heterocycles. The van der Waals surface area contributed by atoms with Crippen LogP contribution in [0.25, 0.3) is 0 Å². The number of benzene rings is 1. The van der Waals surface area contributed by atoms with Gasteiger partial charge in [0.05, 0.1) is 25.6 Å². The first kappa shape index (κ1) is 14.8. The summed E-state index contributed by atoms with van der Waals surface area (Å²) in [5.74, 6) is 2.90. The number of hydrogen-bond acceptors (Lipinski definition) is 4. The van der Waals surface area contributed by atoms with Gasteiger partial charge >= 0.3 is 0 Å². The van der Waals surface area contributed by atoms with Gasteiger partial charge in [0.25, 0.3) is 0 Å². The summed E-state index contributed by atoms with van der Waals surface area (Å²) in [5.41, 5.74) is 7.75. The number of ether oxygens (including phenoxy) is 2. The molecular formula is C16H26N2O2. The summed E-state index contributed by atoms with van der Waals surface area (Å²) in [5, 5.41) is 3.58. The summed E-state index contributed by atoms with van der Waals surface area (Å²) < 4.78 is 10.6. The molecule has 0 radical (unpaired) electrons. The van der Waals surface area contributed by atoms with Gasteiger partial charge < -0.3 is 20.5 Å². The molecule has 1 aliphatic rings. The molecule has 0 aromatic heterocycles. The molecule has 1 aromatic carbocycles. The van der Waals surface area contributed by atoms with E-state index in [4.69, 9.17) is 15.2 Å². The lowest BCUT2D eigenvalue weighted by Crippen LogP contribution is -2.30. The molecule has 1 saturated carbocycles. The highest BCUT2D eigenvalue weighted by Crippen LogP contribution is 2.37. The first-order valence-corrected chi connectivity index (χ1v) is 7.31. The van der Waals surface area contributed by atoms with Crippen LogP contribution in [0.2, 0.25) is 0 Å². The van der Waals surface area contributed by atoms with Gasteiger partial charge in [-0.25, -0.2) is 0 Å². The SMILES string of the molecule is COc1cc(N)c(NC2CC(C)CC(C)C2)cc1OC. The second-order valence-electron chi connectivity index (χ2n) is 6.05. The molecule has 1 aromatic rings. The average molecular weight is 278 g/mol. The summed E-state index contributed by atoms with van der Waals surface area (Å²) in [6.45, 7) is 4.64. The zero-order chi connectivity index (χ0) is 14.7. The monoisotopic (exact) mass is 278 g/mol. The maximum absolute atomic E-state index is 6.11. The molecule has 20 heavy (non-hydrogen) atoms. The normalized spacial score (nSPS) is 26.1. The first-order chi connectivity index (χ1) is 9.53. The standard InChI is InChI=1S/C16H26N2O2/c1-10-5-11(2)7-12(6-10)18-14-9-16(20-4)15(19-3)8-13(14)17/h8-12,18H,5-7,17H2,1-4H3. The van der Waals surface area contributed by atoms with Crippen molar-refractivity contribution in [3.8, 4) is 11.5 Å². The highest BCUT2D eigenvalue weighted by atomic mass is 16.5. The van der Waals surface area contributed by atoms with Crippen molar-refractivity contribution < 1.29 is 9.47 Å². The molecule has 4 nitrogen and oxygen atoms in total. The van der Waals surface area contributed by atoms with Gasteiger partial charge in [0.15, 0.2) is 11.5 Å². The predicted molar refractivity (Wildman–Crippen MR) is 83.5 cm³/mol. The smallest absolute Gasteiger partial charge is 0.162 e. The van der Waals surface area contributed by atoms with E-state index >= 15 is 0 Å². The molecule has 112 valence electrons. The summed E-state index contributed by atoms with van der Waals surface area (Å²) in [7, 11) is 3.26. The number of nitrogen functional groups attached to an aromatic ring is 1. The third-order valence-corrected chi connectivity index (χ3v) is 4.09. The fourth-order valence-corrected chi connectivity index (χ4v) is 3.30. The number of methoxy groups -OCH3 is 2. The van der Waals surface area contributed by atoms with Crippen LogP contribution < -0.4 is 20.5 Å². The van der Waals surface area contributed by atoms with Gasteiger partial charge in [-0.2, -0.15) is 0 Å². The van der Waals surface area contributed by atoms with Crippen LogP contribution in [-0.4, -0.2) is 20.3 Å². The molecule has 2 unspecified atom stereocenters. The number of rotatable bonds is 4. The van der Waals surface area contributed by atoms with Gasteiger partial charge in [-0.1, -0.05) is 13.8 Å². The Kier molecular flexibility index (Phi) is 4.63. The summed E-state index contributed by atoms with van der Waals surface area (Å²) in [4.78, 5) is 0. The van der Waals surface area contributed by atoms with Crippen LogP contribution in [-0.2, 0) is 0 Å². The fraction of sp³-hybridized carbons (Fsp3) is 0.625. The second kappa shape index (κ2) is 6.25. The third-order valence-electron chi connectivity index (χ3n) is 4.09. The number of nitrogens with one attached hydrogen (secondary N) is 1. The van der Waals surface area contributed by atoms with Crippen LogP contribution in [0, 0.1) is 11.8 Å². The van der Waals surface area contributed by atoms with Crippen molar-refractivity contribution in [1.29, 1.82) is 0 Å². The van der Waals surface area contributed by atoms with Crippen molar-refractivity contribution in [1.82, 2.24) is 0 Å². The predicted octanol–water partition coefficient (Wildman–Crippen LogP) is 3.52. The van der Waals surface area contributed by atoms with E-state index in [-0.39, 0.29) is 0 Å². The molecule has 1 aliphatic carbocycles. The minimum absolute atomic E-state index is 0.481. The van der Waals surface area contributed by atoms with E-state index in [9.17, 15) is 0 Å². The summed E-state index contributed by atoms with van der Waals surface area (Å²) in [6, 6.07) is 4.23. The molecule has 3 N–H and O–H groups in total. The Morgan fingerprint density at radius 3 is 2.10 bits per heavy atom. The molecular weight excluding hydrogens is 252 g/mol. The van der Waals surface area contributed by atoms with E-state index in [2.05, 4.69) is 19.2 Å². The van der Waals surface area contributed by atoms with Gasteiger partial charge in [-0.15, -0.1) is 0 Å². The number of hydrogen-bond donors (Lipinski definition) is 2. The zero-order valence-corrected chi connectivity index (χ0v) is 12.9. The molecule has 0 bridgehead atoms. The highest BCUT2D eigenvalue weighted by molar-refractivity contribution is 5.72. The fourth-order valence-electron chi connectivity index (χ4n) is 3.30. The Balaban J connectivity index is 2.16. The van der Waals surface area contributed by atoms with Crippen molar-refractivity contribution in [2.75, 3.05) is 25.3 Å². The molecule has 2 atom stereocenters. The van der Waals surface area contributed by atoms with E-state index in [0.717, 1.165) is 17.5 Å². The Morgan fingerprint density at radius 1 is 1.00 bits per heavy atom. The lowest BCUT2D eigenvalue weighted by Gasteiger charge is -2.33. The van der Waals surface area contributed by atoms with Crippen molar-refractivity contribution in [2.45, 2.75) is 39.2 Å². The van der Waals surface area contributed by atoms with Crippen molar-refractivity contribution in [2.24, 2.45) is 11.8 Å². The van der Waals surface area contributed by atoms with Crippen molar-refractivity contribution in [3.63, 3.8) is 0 Å². The number of anilines is 2. The summed E-state index contributed by atoms with van der Waals surface area (Å²) in [6.07, 6.45) is 3.70. The molecule has 0 heterocycles. The maximum atomic E-state index is 6.11. The van der Waals surface area contributed by atoms with Gasteiger partial charge in [0.1, 0.15) is 0 Å². The zero-order valence-electron chi connectivity index (χ0n) is 12.9. The topological polar surface area (TPSA) is 56.5 Å². The Morgan fingerprint density at radius 2 is 1.55 bits per heavy atom. The van der Waals surface area contributed by atoms with Gasteiger partial charge in [-0.3, -0.25) is 0 Å². The van der Waals surface area contributed by atoms with E-state index in [1.807, 2.05) is 12.1 Å². The summed E-state index contributed by atoms with van der Waals surface area (Å²) >= 11 is 0. The molecule has 0 spiro atoms. The molecule has 0 amide bonds. The Hall–Kier alpha value is -1.58. The van der Waals surface area contributed by atoms with Crippen LogP contribution in [0.3, 0.4) is 0 Å². The third kappa shape index (κ3) is 3.30. The van der Waals surface area contributed by atoms with Crippen LogP contribution in [0.4, 0.5) is 11.4 Å². The van der Waals surface area contributed by atoms with E-state index in [1.165, 1.54) is 19.3 Å². The van der Waals surface area contributed by atoms with Crippen molar-refractivity contribution >= 4 is 11.4 Å². The van der Waals surface area contributed by atoms with Crippen molar-refractivity contribution in [3.05, 3.63) is 12.1 Å².